The molecule has 0 bridgehead atoms. The normalized spacial score (nSPS) is 11.9. The van der Waals surface area contributed by atoms with Crippen LogP contribution in [0.2, 0.25) is 5.15 Å². The molecule has 3 aromatic carbocycles. The Bertz CT molecular complexity index is 1740. The van der Waals surface area contributed by atoms with Crippen LogP contribution < -0.4 is 16.3 Å². The summed E-state index contributed by atoms with van der Waals surface area (Å²) in [4.78, 5) is 43.5. The molecule has 0 aliphatic rings. The summed E-state index contributed by atoms with van der Waals surface area (Å²) in [5.41, 5.74) is 10.1. The number of hydrogen-bond acceptors (Lipinski definition) is 11. The third-order valence-electron chi connectivity index (χ3n) is 7.07. The summed E-state index contributed by atoms with van der Waals surface area (Å²) in [5.74, 6) is 6.90. The SMILES string of the molecule is CCCCc1nc(Cl)c(C=O)n1Cc1ccc(-c2ccccc2/C(N)=N/N(N)C(C)OC(=O)Oc2ccccc2CO[N+](=O)[O-])cc1. The van der Waals surface area contributed by atoms with Gasteiger partial charge in [-0.25, -0.2) is 15.6 Å². The number of aromatic nitrogens is 2. The van der Waals surface area contributed by atoms with E-state index >= 15 is 0 Å². The standard InChI is InChI=1S/C32H34ClN7O7/c1-3-4-13-29-36-30(33)27(19-41)38(29)18-22-14-16-23(17-15-22)25-10-6-7-11-26(25)31(34)37-39(35)21(2)46-32(42)47-28-12-8-5-9-24(28)20-45-40(43)44/h5-12,14-17,19,21H,3-4,13,18,20,35H2,1-2H3,(H2,34,37). The van der Waals surface area contributed by atoms with E-state index in [9.17, 15) is 19.7 Å². The molecule has 14 nitrogen and oxygen atoms in total. The maximum absolute atomic E-state index is 12.4. The number of hydrogen-bond donors (Lipinski definition) is 2. The number of nitrogens with two attached hydrogens (primary N) is 2. The van der Waals surface area contributed by atoms with Gasteiger partial charge in [0.2, 0.25) is 6.23 Å². The number of amidine groups is 1. The maximum atomic E-state index is 12.4. The Hall–Kier alpha value is -5.47. The number of imidazole rings is 1. The van der Waals surface area contributed by atoms with Crippen molar-refractivity contribution in [2.45, 2.75) is 52.5 Å². The van der Waals surface area contributed by atoms with Crippen molar-refractivity contribution >= 4 is 29.9 Å². The van der Waals surface area contributed by atoms with E-state index in [-0.39, 0.29) is 22.3 Å². The van der Waals surface area contributed by atoms with E-state index in [4.69, 9.17) is 32.7 Å². The van der Waals surface area contributed by atoms with E-state index in [0.29, 0.717) is 24.2 Å². The first-order valence-corrected chi connectivity index (χ1v) is 15.0. The van der Waals surface area contributed by atoms with Crippen molar-refractivity contribution in [2.24, 2.45) is 16.7 Å². The minimum absolute atomic E-state index is 0.0213. The fraction of sp³-hybridized carbons (Fsp3) is 0.250. The second-order valence-corrected chi connectivity index (χ2v) is 10.7. The number of halogens is 1. The van der Waals surface area contributed by atoms with Gasteiger partial charge in [-0.05, 0) is 36.1 Å². The second-order valence-electron chi connectivity index (χ2n) is 10.3. The predicted molar refractivity (Wildman–Crippen MR) is 174 cm³/mol. The highest BCUT2D eigenvalue weighted by Crippen LogP contribution is 2.26. The van der Waals surface area contributed by atoms with Crippen LogP contribution in [-0.4, -0.2) is 44.3 Å². The molecular formula is C32H34ClN7O7. The summed E-state index contributed by atoms with van der Waals surface area (Å²) in [6, 6.07) is 21.2. The lowest BCUT2D eigenvalue weighted by Crippen LogP contribution is -2.40. The Balaban J connectivity index is 1.45. The van der Waals surface area contributed by atoms with Crippen LogP contribution in [0.15, 0.2) is 77.9 Å². The molecule has 1 unspecified atom stereocenters. The van der Waals surface area contributed by atoms with E-state index in [1.54, 1.807) is 24.3 Å². The van der Waals surface area contributed by atoms with Crippen molar-refractivity contribution in [3.63, 3.8) is 0 Å². The molecule has 4 rings (SSSR count). The molecule has 0 saturated carbocycles. The number of aryl methyl sites for hydroxylation is 1. The second kappa shape index (κ2) is 16.2. The average molecular weight is 664 g/mol. The summed E-state index contributed by atoms with van der Waals surface area (Å²) in [6.45, 7) is 3.56. The Morgan fingerprint density at radius 3 is 2.55 bits per heavy atom. The van der Waals surface area contributed by atoms with Gasteiger partial charge in [-0.1, -0.05) is 91.7 Å². The molecular weight excluding hydrogens is 630 g/mol. The van der Waals surface area contributed by atoms with Crippen LogP contribution in [0, 0.1) is 10.1 Å². The smallest absolute Gasteiger partial charge is 0.407 e. The van der Waals surface area contributed by atoms with Crippen molar-refractivity contribution in [1.82, 2.24) is 14.7 Å². The van der Waals surface area contributed by atoms with Gasteiger partial charge in [0, 0.05) is 24.1 Å². The molecule has 0 aliphatic heterocycles. The van der Waals surface area contributed by atoms with E-state index < -0.39 is 24.1 Å². The first-order chi connectivity index (χ1) is 22.6. The van der Waals surface area contributed by atoms with Crippen LogP contribution in [0.5, 0.6) is 5.75 Å². The molecule has 246 valence electrons. The molecule has 1 aromatic heterocycles. The highest BCUT2D eigenvalue weighted by molar-refractivity contribution is 6.31. The molecule has 15 heteroatoms. The maximum Gasteiger partial charge on any atom is 0.515 e. The van der Waals surface area contributed by atoms with Crippen molar-refractivity contribution in [3.05, 3.63) is 116 Å². The van der Waals surface area contributed by atoms with Gasteiger partial charge in [0.1, 0.15) is 23.9 Å². The number of carbonyl (C=O) groups excluding carboxylic acids is 2. The monoisotopic (exact) mass is 663 g/mol. The number of para-hydroxylation sites is 1. The van der Waals surface area contributed by atoms with E-state index in [1.165, 1.54) is 19.1 Å². The van der Waals surface area contributed by atoms with Gasteiger partial charge >= 0.3 is 6.16 Å². The Labute approximate surface area is 275 Å². The Morgan fingerprint density at radius 1 is 1.15 bits per heavy atom. The Kier molecular flexibility index (Phi) is 11.9. The van der Waals surface area contributed by atoms with Crippen LogP contribution in [0.1, 0.15) is 59.7 Å². The third-order valence-corrected chi connectivity index (χ3v) is 7.35. The Morgan fingerprint density at radius 2 is 1.85 bits per heavy atom. The van der Waals surface area contributed by atoms with E-state index in [2.05, 4.69) is 21.8 Å². The highest BCUT2D eigenvalue weighted by Gasteiger charge is 2.19. The van der Waals surface area contributed by atoms with Crippen LogP contribution in [0.3, 0.4) is 0 Å². The molecule has 0 amide bonds. The quantitative estimate of drug-likeness (QED) is 0.0189. The van der Waals surface area contributed by atoms with Crippen LogP contribution in [0.4, 0.5) is 4.79 Å². The number of hydrazine groups is 1. The average Bonchev–Trinajstić information content (AvgIpc) is 3.36. The zero-order valence-electron chi connectivity index (χ0n) is 25.7. The number of benzene rings is 3. The van der Waals surface area contributed by atoms with Crippen LogP contribution in [0.25, 0.3) is 11.1 Å². The van der Waals surface area contributed by atoms with Crippen LogP contribution >= 0.6 is 11.6 Å². The number of nitrogens with zero attached hydrogens (tertiary/aromatic N) is 5. The van der Waals surface area contributed by atoms with Crippen molar-refractivity contribution in [1.29, 1.82) is 0 Å². The molecule has 4 aromatic rings. The predicted octanol–water partition coefficient (Wildman–Crippen LogP) is 5.47. The van der Waals surface area contributed by atoms with Crippen molar-refractivity contribution in [2.75, 3.05) is 0 Å². The lowest BCUT2D eigenvalue weighted by molar-refractivity contribution is -0.763. The minimum Gasteiger partial charge on any atom is -0.407 e. The topological polar surface area (TPSA) is 190 Å². The fourth-order valence-electron chi connectivity index (χ4n) is 4.64. The number of aldehydes is 1. The lowest BCUT2D eigenvalue weighted by atomic mass is 9.98. The molecule has 0 aliphatic carbocycles. The number of unbranched alkanes of at least 4 members (excludes halogenated alkanes) is 1. The summed E-state index contributed by atoms with van der Waals surface area (Å²) < 4.78 is 12.3. The number of ether oxygens (including phenoxy) is 2. The van der Waals surface area contributed by atoms with Gasteiger partial charge in [0.05, 0.1) is 0 Å². The third kappa shape index (κ3) is 9.05. The van der Waals surface area contributed by atoms with Gasteiger partial charge in [0.15, 0.2) is 17.3 Å². The molecule has 0 saturated heterocycles. The summed E-state index contributed by atoms with van der Waals surface area (Å²) in [7, 11) is 0. The van der Waals surface area contributed by atoms with Crippen molar-refractivity contribution < 1.29 is 29.0 Å². The van der Waals surface area contributed by atoms with Gasteiger partial charge in [-0.3, -0.25) is 4.79 Å². The summed E-state index contributed by atoms with van der Waals surface area (Å²) in [6.07, 6.45) is 1.13. The summed E-state index contributed by atoms with van der Waals surface area (Å²) >= 11 is 6.23. The van der Waals surface area contributed by atoms with Gasteiger partial charge < -0.3 is 24.6 Å². The molecule has 0 radical (unpaired) electrons. The zero-order valence-corrected chi connectivity index (χ0v) is 26.5. The van der Waals surface area contributed by atoms with Crippen LogP contribution in [-0.2, 0) is 29.1 Å². The first-order valence-electron chi connectivity index (χ1n) is 14.6. The largest absolute Gasteiger partial charge is 0.515 e. The molecule has 4 N–H and O–H groups in total. The molecule has 0 fully saturated rings. The zero-order chi connectivity index (χ0) is 33.9. The molecule has 47 heavy (non-hydrogen) atoms. The van der Waals surface area contributed by atoms with Crippen molar-refractivity contribution in [3.8, 4) is 16.9 Å². The number of rotatable bonds is 15. The first kappa shape index (κ1) is 34.4. The minimum atomic E-state index is -1.12. The van der Waals surface area contributed by atoms with Gasteiger partial charge in [-0.15, -0.1) is 15.2 Å². The fourth-order valence-corrected chi connectivity index (χ4v) is 4.88. The van der Waals surface area contributed by atoms with Gasteiger partial charge in [0.25, 0.3) is 5.09 Å². The lowest BCUT2D eigenvalue weighted by Gasteiger charge is -2.22. The van der Waals surface area contributed by atoms with E-state index in [0.717, 1.165) is 46.8 Å². The number of carbonyl (C=O) groups is 2. The summed E-state index contributed by atoms with van der Waals surface area (Å²) in [5, 5.41) is 14.9. The molecule has 1 heterocycles. The molecule has 1 atom stereocenters. The highest BCUT2D eigenvalue weighted by atomic mass is 35.5. The molecule has 0 spiro atoms. The number of hydrazone groups is 1. The van der Waals surface area contributed by atoms with Gasteiger partial charge in [-0.2, -0.15) is 5.12 Å². The van der Waals surface area contributed by atoms with E-state index in [1.807, 2.05) is 41.0 Å².